The number of anilines is 1. The Labute approximate surface area is 206 Å². The average molecular weight is 493 g/mol. The van der Waals surface area contributed by atoms with Crippen molar-refractivity contribution >= 4 is 35.6 Å². The molecule has 2 atom stereocenters. The summed E-state index contributed by atoms with van der Waals surface area (Å²) in [6.07, 6.45) is 6.07. The Bertz CT molecular complexity index is 919. The monoisotopic (exact) mass is 492 g/mol. The van der Waals surface area contributed by atoms with Crippen LogP contribution in [0.5, 0.6) is 5.75 Å². The second-order valence-electron chi connectivity index (χ2n) is 9.24. The van der Waals surface area contributed by atoms with Gasteiger partial charge in [0.1, 0.15) is 5.75 Å². The first-order chi connectivity index (χ1) is 15.8. The number of nitrogens with zero attached hydrogens (tertiary/aromatic N) is 4. The Hall–Kier alpha value is -2.65. The van der Waals surface area contributed by atoms with Crippen LogP contribution in [0.2, 0.25) is 0 Å². The van der Waals surface area contributed by atoms with Crippen molar-refractivity contribution in [3.8, 4) is 5.75 Å². The van der Waals surface area contributed by atoms with E-state index in [1.165, 1.54) is 17.0 Å². The lowest BCUT2D eigenvalue weighted by molar-refractivity contribution is -0.384. The van der Waals surface area contributed by atoms with Crippen LogP contribution in [0.15, 0.2) is 30.4 Å². The molecule has 2 amide bonds. The second kappa shape index (κ2) is 11.2. The Morgan fingerprint density at radius 2 is 1.65 bits per heavy atom. The number of hydrogen-bond donors (Lipinski definition) is 0. The molecule has 4 rings (SSSR count). The third kappa shape index (κ3) is 5.52. The maximum atomic E-state index is 12.6. The molecule has 10 heteroatoms. The Morgan fingerprint density at radius 1 is 1.03 bits per heavy atom. The number of nitro groups is 1. The van der Waals surface area contributed by atoms with Crippen molar-refractivity contribution < 1.29 is 19.2 Å². The number of carbonyl (C=O) groups excluding carboxylic acids is 2. The van der Waals surface area contributed by atoms with E-state index in [1.54, 1.807) is 6.07 Å². The number of allylic oxidation sites excluding steroid dienone is 2. The molecule has 3 aliphatic rings. The van der Waals surface area contributed by atoms with Crippen LogP contribution in [0.1, 0.15) is 33.1 Å². The van der Waals surface area contributed by atoms with E-state index in [0.717, 1.165) is 44.8 Å². The van der Waals surface area contributed by atoms with E-state index in [1.807, 2.05) is 26.0 Å². The molecule has 0 spiro atoms. The van der Waals surface area contributed by atoms with Crippen molar-refractivity contribution in [2.75, 3.05) is 44.2 Å². The van der Waals surface area contributed by atoms with Crippen LogP contribution < -0.4 is 9.64 Å². The van der Waals surface area contributed by atoms with Crippen LogP contribution in [-0.4, -0.2) is 71.9 Å². The molecule has 1 aromatic rings. The van der Waals surface area contributed by atoms with Crippen molar-refractivity contribution in [1.29, 1.82) is 0 Å². The minimum absolute atomic E-state index is 0. The van der Waals surface area contributed by atoms with E-state index >= 15 is 0 Å². The van der Waals surface area contributed by atoms with Gasteiger partial charge >= 0.3 is 0 Å². The smallest absolute Gasteiger partial charge is 0.273 e. The second-order valence-corrected chi connectivity index (χ2v) is 9.24. The number of piperazine rings is 1. The van der Waals surface area contributed by atoms with E-state index in [4.69, 9.17) is 4.74 Å². The summed E-state index contributed by atoms with van der Waals surface area (Å²) < 4.78 is 5.86. The van der Waals surface area contributed by atoms with Gasteiger partial charge in [-0.2, -0.15) is 0 Å². The van der Waals surface area contributed by atoms with Crippen molar-refractivity contribution in [2.45, 2.75) is 39.2 Å². The molecule has 2 saturated heterocycles. The normalized spacial score (nSPS) is 22.7. The van der Waals surface area contributed by atoms with Gasteiger partial charge in [-0.3, -0.25) is 29.5 Å². The van der Waals surface area contributed by atoms with E-state index in [2.05, 4.69) is 9.80 Å². The number of hydrogen-bond acceptors (Lipinski definition) is 7. The molecule has 0 aromatic heterocycles. The summed E-state index contributed by atoms with van der Waals surface area (Å²) in [6.45, 7) is 8.37. The van der Waals surface area contributed by atoms with Gasteiger partial charge in [0, 0.05) is 38.8 Å². The molecular weight excluding hydrogens is 460 g/mol. The maximum Gasteiger partial charge on any atom is 0.273 e. The molecule has 0 N–H and O–H groups in total. The molecule has 0 radical (unpaired) electrons. The summed E-state index contributed by atoms with van der Waals surface area (Å²) in [5, 5.41) is 11.2. The predicted molar refractivity (Wildman–Crippen MR) is 131 cm³/mol. The first kappa shape index (κ1) is 26.0. The average Bonchev–Trinajstić information content (AvgIpc) is 3.04. The lowest BCUT2D eigenvalue weighted by Crippen LogP contribution is -2.47. The fraction of sp³-hybridized carbons (Fsp3) is 0.583. The van der Waals surface area contributed by atoms with Gasteiger partial charge in [-0.15, -0.1) is 12.4 Å². The van der Waals surface area contributed by atoms with Gasteiger partial charge in [-0.05, 0) is 45.7 Å². The summed E-state index contributed by atoms with van der Waals surface area (Å²) in [5.41, 5.74) is 0.896. The number of non-ortho nitro benzene ring substituents is 1. The van der Waals surface area contributed by atoms with Gasteiger partial charge in [0.25, 0.3) is 5.69 Å². The van der Waals surface area contributed by atoms with Crippen LogP contribution in [0.3, 0.4) is 0 Å². The van der Waals surface area contributed by atoms with Crippen molar-refractivity contribution in [3.63, 3.8) is 0 Å². The molecule has 1 aliphatic carbocycles. The largest absolute Gasteiger partial charge is 0.489 e. The topological polar surface area (TPSA) is 96.2 Å². The number of ether oxygens (including phenoxy) is 1. The number of likely N-dealkylation sites (tertiary alicyclic amines) is 1. The lowest BCUT2D eigenvalue weighted by atomic mass is 9.85. The van der Waals surface area contributed by atoms with E-state index in [-0.39, 0.29) is 47.8 Å². The fourth-order valence-corrected chi connectivity index (χ4v) is 4.98. The number of imide groups is 1. The number of nitro benzene ring substituents is 1. The zero-order chi connectivity index (χ0) is 23.5. The molecular formula is C24H33ClN4O5. The number of carbonyl (C=O) groups is 2. The number of benzene rings is 1. The number of halogens is 1. The minimum atomic E-state index is -0.407. The van der Waals surface area contributed by atoms with Gasteiger partial charge in [0.15, 0.2) is 0 Å². The van der Waals surface area contributed by atoms with Crippen LogP contribution in [0.25, 0.3) is 0 Å². The molecule has 34 heavy (non-hydrogen) atoms. The maximum absolute atomic E-state index is 12.6. The highest BCUT2D eigenvalue weighted by Crippen LogP contribution is 2.35. The van der Waals surface area contributed by atoms with Crippen molar-refractivity contribution in [3.05, 3.63) is 40.5 Å². The molecule has 0 saturated carbocycles. The lowest BCUT2D eigenvalue weighted by Gasteiger charge is -2.37. The van der Waals surface area contributed by atoms with Crippen LogP contribution in [0, 0.1) is 22.0 Å². The van der Waals surface area contributed by atoms with Gasteiger partial charge in [-0.1, -0.05) is 12.2 Å². The quantitative estimate of drug-likeness (QED) is 0.238. The van der Waals surface area contributed by atoms with Crippen LogP contribution in [-0.2, 0) is 9.59 Å². The third-order valence-electron chi connectivity index (χ3n) is 6.68. The molecule has 186 valence electrons. The number of fused-ring (bicyclic) bond motifs is 1. The fourth-order valence-electron chi connectivity index (χ4n) is 4.98. The van der Waals surface area contributed by atoms with Crippen LogP contribution in [0.4, 0.5) is 11.4 Å². The van der Waals surface area contributed by atoms with Gasteiger partial charge in [-0.25, -0.2) is 0 Å². The molecule has 2 fully saturated rings. The molecule has 0 bridgehead atoms. The Kier molecular flexibility index (Phi) is 8.54. The summed E-state index contributed by atoms with van der Waals surface area (Å²) >= 11 is 0. The SMILES string of the molecule is CC(C)Oc1cc([N+](=O)[O-])ccc1N1CCN(CCCN2C(=O)C3CC=CCC3C2=O)CC1.Cl. The third-order valence-corrected chi connectivity index (χ3v) is 6.68. The molecule has 2 heterocycles. The Morgan fingerprint density at radius 3 is 2.21 bits per heavy atom. The van der Waals surface area contributed by atoms with Crippen LogP contribution >= 0.6 is 12.4 Å². The number of rotatable bonds is 8. The molecule has 1 aromatic carbocycles. The van der Waals surface area contributed by atoms with Crippen molar-refractivity contribution in [1.82, 2.24) is 9.80 Å². The summed E-state index contributed by atoms with van der Waals surface area (Å²) in [5.74, 6) is 0.213. The van der Waals surface area contributed by atoms with E-state index < -0.39 is 4.92 Å². The first-order valence-electron chi connectivity index (χ1n) is 11.8. The van der Waals surface area contributed by atoms with Gasteiger partial charge in [0.2, 0.25) is 11.8 Å². The standard InChI is InChI=1S/C24H32N4O5.ClH/c1-17(2)33-22-16-18(28(31)32)8-9-21(22)26-14-12-25(13-15-26)10-5-11-27-23(29)19-6-3-4-7-20(19)24(27)30;/h3-4,8-9,16-17,19-20H,5-7,10-15H2,1-2H3;1H. The zero-order valence-electron chi connectivity index (χ0n) is 19.7. The highest BCUT2D eigenvalue weighted by molar-refractivity contribution is 6.05. The molecule has 9 nitrogen and oxygen atoms in total. The summed E-state index contributed by atoms with van der Waals surface area (Å²) in [6, 6.07) is 4.79. The van der Waals surface area contributed by atoms with Crippen molar-refractivity contribution in [2.24, 2.45) is 11.8 Å². The Balaban J connectivity index is 0.00000324. The zero-order valence-corrected chi connectivity index (χ0v) is 20.5. The molecule has 2 unspecified atom stereocenters. The van der Waals surface area contributed by atoms with Gasteiger partial charge in [0.05, 0.1) is 34.6 Å². The number of amides is 2. The van der Waals surface area contributed by atoms with Gasteiger partial charge < -0.3 is 9.64 Å². The summed E-state index contributed by atoms with van der Waals surface area (Å²) in [7, 11) is 0. The summed E-state index contributed by atoms with van der Waals surface area (Å²) in [4.78, 5) is 42.0. The van der Waals surface area contributed by atoms with E-state index in [9.17, 15) is 19.7 Å². The molecule has 2 aliphatic heterocycles. The minimum Gasteiger partial charge on any atom is -0.489 e. The predicted octanol–water partition coefficient (Wildman–Crippen LogP) is 3.27. The highest BCUT2D eigenvalue weighted by atomic mass is 35.5. The van der Waals surface area contributed by atoms with E-state index in [0.29, 0.717) is 25.1 Å². The highest BCUT2D eigenvalue weighted by Gasteiger charge is 2.46. The first-order valence-corrected chi connectivity index (χ1v) is 11.8.